The summed E-state index contributed by atoms with van der Waals surface area (Å²) in [6.07, 6.45) is 0. The Kier molecular flexibility index (Phi) is 5.20. The second kappa shape index (κ2) is 6.73. The number of benzene rings is 2. The normalized spacial score (nSPS) is 11.8. The lowest BCUT2D eigenvalue weighted by molar-refractivity contribution is 0.0977. The molecule has 0 aliphatic carbocycles. The number of carbonyl (C=O) groups is 1. The van der Waals surface area contributed by atoms with Crippen LogP contribution in [0.15, 0.2) is 36.4 Å². The van der Waals surface area contributed by atoms with Gasteiger partial charge in [0.2, 0.25) is 0 Å². The maximum atomic E-state index is 14.0. The van der Waals surface area contributed by atoms with Gasteiger partial charge in [0.15, 0.2) is 5.78 Å². The lowest BCUT2D eigenvalue weighted by Crippen LogP contribution is -2.13. The first-order valence-corrected chi connectivity index (χ1v) is 7.62. The molecule has 21 heavy (non-hydrogen) atoms. The quantitative estimate of drug-likeness (QED) is 0.491. The minimum absolute atomic E-state index is 0.0373. The average Bonchev–Trinajstić information content (AvgIpc) is 2.47. The van der Waals surface area contributed by atoms with Crippen molar-refractivity contribution in [1.29, 1.82) is 5.26 Å². The van der Waals surface area contributed by atoms with E-state index in [4.69, 9.17) is 23.2 Å². The van der Waals surface area contributed by atoms with Gasteiger partial charge in [-0.2, -0.15) is 5.26 Å². The van der Waals surface area contributed by atoms with Crippen LogP contribution in [0.5, 0.6) is 0 Å². The molecule has 0 radical (unpaired) electrons. The summed E-state index contributed by atoms with van der Waals surface area (Å²) in [4.78, 5) is 12.4. The summed E-state index contributed by atoms with van der Waals surface area (Å²) in [6, 6.07) is 10.8. The first-order valence-electron chi connectivity index (χ1n) is 5.78. The third-order valence-corrected chi connectivity index (χ3v) is 4.75. The minimum Gasteiger partial charge on any atom is -0.292 e. The minimum atomic E-state index is -1.26. The summed E-state index contributed by atoms with van der Waals surface area (Å²) in [7, 11) is 0. The van der Waals surface area contributed by atoms with Gasteiger partial charge in [0.1, 0.15) is 11.7 Å². The molecule has 0 heterocycles. The van der Waals surface area contributed by atoms with E-state index in [1.165, 1.54) is 24.3 Å². The van der Waals surface area contributed by atoms with Crippen LogP contribution in [0.25, 0.3) is 0 Å². The maximum Gasteiger partial charge on any atom is 0.184 e. The van der Waals surface area contributed by atoms with Gasteiger partial charge in [0, 0.05) is 14.7 Å². The lowest BCUT2D eigenvalue weighted by Gasteiger charge is -2.11. The van der Waals surface area contributed by atoms with E-state index in [9.17, 15) is 14.4 Å². The maximum absolute atomic E-state index is 14.0. The van der Waals surface area contributed by atoms with Crippen LogP contribution in [-0.4, -0.2) is 5.78 Å². The van der Waals surface area contributed by atoms with E-state index in [1.807, 2.05) is 28.7 Å². The van der Waals surface area contributed by atoms with E-state index in [1.54, 1.807) is 12.1 Å². The number of nitrogens with zero attached hydrogens (tertiary/aromatic N) is 1. The van der Waals surface area contributed by atoms with E-state index in [0.29, 0.717) is 5.02 Å². The molecule has 0 saturated carbocycles. The van der Waals surface area contributed by atoms with Gasteiger partial charge in [0.05, 0.1) is 16.1 Å². The fourth-order valence-electron chi connectivity index (χ4n) is 1.83. The van der Waals surface area contributed by atoms with Crippen LogP contribution in [0.4, 0.5) is 4.39 Å². The van der Waals surface area contributed by atoms with Gasteiger partial charge in [0.25, 0.3) is 0 Å². The van der Waals surface area contributed by atoms with Crippen molar-refractivity contribution in [3.8, 4) is 6.07 Å². The molecule has 0 bridgehead atoms. The topological polar surface area (TPSA) is 40.9 Å². The molecule has 0 aromatic heterocycles. The Morgan fingerprint density at radius 3 is 2.57 bits per heavy atom. The summed E-state index contributed by atoms with van der Waals surface area (Å²) in [5.41, 5.74) is 0.219. The predicted octanol–water partition coefficient (Wildman–Crippen LogP) is 5.23. The summed E-state index contributed by atoms with van der Waals surface area (Å²) >= 11 is 13.7. The van der Waals surface area contributed by atoms with Crippen molar-refractivity contribution in [2.75, 3.05) is 0 Å². The van der Waals surface area contributed by atoms with Crippen LogP contribution >= 0.6 is 45.8 Å². The molecule has 2 nitrogen and oxygen atoms in total. The van der Waals surface area contributed by atoms with Crippen LogP contribution in [-0.2, 0) is 0 Å². The molecule has 1 unspecified atom stereocenters. The van der Waals surface area contributed by atoms with Crippen LogP contribution in [0, 0.1) is 20.7 Å². The highest BCUT2D eigenvalue weighted by atomic mass is 127. The molecule has 0 N–H and O–H groups in total. The summed E-state index contributed by atoms with van der Waals surface area (Å²) in [6.45, 7) is 0. The Morgan fingerprint density at radius 1 is 1.24 bits per heavy atom. The van der Waals surface area contributed by atoms with Crippen molar-refractivity contribution in [3.63, 3.8) is 0 Å². The van der Waals surface area contributed by atoms with Gasteiger partial charge in [-0.25, -0.2) is 4.39 Å². The monoisotopic (exact) mass is 433 g/mol. The van der Waals surface area contributed by atoms with Crippen molar-refractivity contribution in [1.82, 2.24) is 0 Å². The Hall–Kier alpha value is -1.16. The Balaban J connectivity index is 2.46. The molecule has 106 valence electrons. The van der Waals surface area contributed by atoms with E-state index in [-0.39, 0.29) is 16.1 Å². The number of Topliss-reactive ketones (excluding diaryl/α,β-unsaturated/α-hetero) is 1. The highest BCUT2D eigenvalue weighted by Gasteiger charge is 2.26. The molecule has 0 saturated heterocycles. The van der Waals surface area contributed by atoms with E-state index < -0.39 is 17.5 Å². The van der Waals surface area contributed by atoms with Gasteiger partial charge in [-0.1, -0.05) is 41.4 Å². The third-order valence-electron chi connectivity index (χ3n) is 2.89. The lowest BCUT2D eigenvalue weighted by atomic mass is 9.91. The number of rotatable bonds is 3. The van der Waals surface area contributed by atoms with E-state index >= 15 is 0 Å². The van der Waals surface area contributed by atoms with Crippen molar-refractivity contribution >= 4 is 51.6 Å². The standard InChI is InChI=1S/C15H7Cl2FINO/c16-11-3-1-2-9(14(11)18)10(7-20)15(21)8-4-5-13(19)12(17)6-8/h1-6,10H. The first kappa shape index (κ1) is 16.2. The molecule has 0 fully saturated rings. The molecular weight excluding hydrogens is 427 g/mol. The first-order chi connectivity index (χ1) is 9.95. The molecule has 2 aromatic rings. The van der Waals surface area contributed by atoms with Crippen molar-refractivity contribution < 1.29 is 9.18 Å². The number of nitriles is 1. The van der Waals surface area contributed by atoms with Gasteiger partial charge in [-0.3, -0.25) is 4.79 Å². The van der Waals surface area contributed by atoms with Gasteiger partial charge in [-0.05, 0) is 40.8 Å². The summed E-state index contributed by atoms with van der Waals surface area (Å²) < 4.78 is 14.8. The fraction of sp³-hybridized carbons (Fsp3) is 0.0667. The molecule has 2 aromatic carbocycles. The molecular formula is C15H7Cl2FINO. The van der Waals surface area contributed by atoms with Crippen LogP contribution < -0.4 is 0 Å². The summed E-state index contributed by atoms with van der Waals surface area (Å²) in [5.74, 6) is -2.53. The van der Waals surface area contributed by atoms with E-state index in [0.717, 1.165) is 3.57 Å². The Bertz CT molecular complexity index is 758. The highest BCUT2D eigenvalue weighted by molar-refractivity contribution is 14.1. The molecule has 0 aliphatic heterocycles. The van der Waals surface area contributed by atoms with Gasteiger partial charge in [-0.15, -0.1) is 0 Å². The Labute approximate surface area is 144 Å². The van der Waals surface area contributed by atoms with Crippen LogP contribution in [0.2, 0.25) is 10.0 Å². The molecule has 6 heteroatoms. The largest absolute Gasteiger partial charge is 0.292 e. The average molecular weight is 434 g/mol. The Morgan fingerprint density at radius 2 is 1.95 bits per heavy atom. The van der Waals surface area contributed by atoms with Crippen LogP contribution in [0.3, 0.4) is 0 Å². The number of hydrogen-bond acceptors (Lipinski definition) is 2. The fourth-order valence-corrected chi connectivity index (χ4v) is 2.53. The molecule has 0 aliphatic rings. The third kappa shape index (κ3) is 3.37. The highest BCUT2D eigenvalue weighted by Crippen LogP contribution is 2.28. The summed E-state index contributed by atoms with van der Waals surface area (Å²) in [5, 5.41) is 9.52. The number of ketones is 1. The zero-order valence-corrected chi connectivity index (χ0v) is 14.1. The van der Waals surface area contributed by atoms with Crippen molar-refractivity contribution in [3.05, 3.63) is 67.0 Å². The SMILES string of the molecule is N#CC(C(=O)c1ccc(I)c(Cl)c1)c1cccc(Cl)c1F. The zero-order valence-electron chi connectivity index (χ0n) is 10.4. The molecule has 0 spiro atoms. The van der Waals surface area contributed by atoms with Crippen LogP contribution in [0.1, 0.15) is 21.8 Å². The van der Waals surface area contributed by atoms with Gasteiger partial charge < -0.3 is 0 Å². The number of halogens is 4. The van der Waals surface area contributed by atoms with Gasteiger partial charge >= 0.3 is 0 Å². The number of hydrogen-bond donors (Lipinski definition) is 0. The molecule has 2 rings (SSSR count). The number of carbonyl (C=O) groups excluding carboxylic acids is 1. The van der Waals surface area contributed by atoms with Crippen molar-refractivity contribution in [2.45, 2.75) is 5.92 Å². The van der Waals surface area contributed by atoms with Crippen molar-refractivity contribution in [2.24, 2.45) is 0 Å². The van der Waals surface area contributed by atoms with E-state index in [2.05, 4.69) is 0 Å². The molecule has 1 atom stereocenters. The second-order valence-electron chi connectivity index (χ2n) is 4.20. The smallest absolute Gasteiger partial charge is 0.184 e. The zero-order chi connectivity index (χ0) is 15.6. The predicted molar refractivity (Wildman–Crippen MR) is 88.3 cm³/mol. The second-order valence-corrected chi connectivity index (χ2v) is 6.17. The molecule has 0 amide bonds.